The quantitative estimate of drug-likeness (QED) is 0.526. The van der Waals surface area contributed by atoms with Crippen LogP contribution in [-0.4, -0.2) is 22.4 Å². The van der Waals surface area contributed by atoms with E-state index in [0.29, 0.717) is 16.4 Å². The van der Waals surface area contributed by atoms with Crippen LogP contribution < -0.4 is 10.2 Å². The van der Waals surface area contributed by atoms with Crippen molar-refractivity contribution in [3.63, 3.8) is 0 Å². The van der Waals surface area contributed by atoms with Gasteiger partial charge in [0.05, 0.1) is 5.69 Å². The topological polar surface area (TPSA) is 71.4 Å². The highest BCUT2D eigenvalue weighted by atomic mass is 35.5. The molecular formula is C22H16ClN3O3. The van der Waals surface area contributed by atoms with Crippen molar-refractivity contribution in [2.45, 2.75) is 6.92 Å². The van der Waals surface area contributed by atoms with Crippen molar-refractivity contribution < 1.29 is 14.4 Å². The Morgan fingerprint density at radius 2 is 1.69 bits per heavy atom. The first-order valence-corrected chi connectivity index (χ1v) is 9.23. The van der Waals surface area contributed by atoms with Crippen LogP contribution in [-0.2, 0) is 9.59 Å². The highest BCUT2D eigenvalue weighted by Crippen LogP contribution is 2.24. The Labute approximate surface area is 172 Å². The first-order chi connectivity index (χ1) is 13.9. The molecule has 1 saturated heterocycles. The number of hydrogen-bond acceptors (Lipinski definition) is 3. The SMILES string of the molecule is Cc1cccc(N2C(=O)NC(=O)/C(=C\c3cccn3-c3ccc(Cl)cc3)C2=O)c1. The molecule has 29 heavy (non-hydrogen) atoms. The Bertz CT molecular complexity index is 1160. The standard InChI is InChI=1S/C22H16ClN3O3/c1-14-4-2-5-18(12-14)26-21(28)19(20(27)24-22(26)29)13-17-6-3-11-25(17)16-9-7-15(23)8-10-16/h2-13H,1H3,(H,24,27,29)/b19-13+. The highest BCUT2D eigenvalue weighted by Gasteiger charge is 2.37. The molecule has 7 heteroatoms. The Hall–Kier alpha value is -3.64. The fourth-order valence-corrected chi connectivity index (χ4v) is 3.28. The van der Waals surface area contributed by atoms with Gasteiger partial charge >= 0.3 is 6.03 Å². The van der Waals surface area contributed by atoms with E-state index in [1.807, 2.05) is 35.9 Å². The molecular weight excluding hydrogens is 390 g/mol. The fraction of sp³-hybridized carbons (Fsp3) is 0.0455. The normalized spacial score (nSPS) is 15.7. The summed E-state index contributed by atoms with van der Waals surface area (Å²) in [4.78, 5) is 38.7. The molecule has 1 aliphatic heterocycles. The maximum atomic E-state index is 13.0. The van der Waals surface area contributed by atoms with Crippen LogP contribution in [0.25, 0.3) is 11.8 Å². The second-order valence-electron chi connectivity index (χ2n) is 6.58. The number of rotatable bonds is 3. The molecule has 0 bridgehead atoms. The molecule has 3 aromatic rings. The molecule has 2 aromatic carbocycles. The second kappa shape index (κ2) is 7.41. The molecule has 4 amide bonds. The molecule has 0 spiro atoms. The van der Waals surface area contributed by atoms with E-state index in [1.165, 1.54) is 6.08 Å². The largest absolute Gasteiger partial charge is 0.335 e. The Morgan fingerprint density at radius 1 is 0.931 bits per heavy atom. The van der Waals surface area contributed by atoms with Crippen LogP contribution in [0.5, 0.6) is 0 Å². The number of hydrogen-bond donors (Lipinski definition) is 1. The minimum Gasteiger partial charge on any atom is -0.317 e. The van der Waals surface area contributed by atoms with E-state index in [2.05, 4.69) is 5.32 Å². The lowest BCUT2D eigenvalue weighted by Crippen LogP contribution is -2.54. The van der Waals surface area contributed by atoms with Gasteiger partial charge in [0.25, 0.3) is 11.8 Å². The van der Waals surface area contributed by atoms with Crippen LogP contribution in [0.4, 0.5) is 10.5 Å². The monoisotopic (exact) mass is 405 g/mol. The number of nitrogens with one attached hydrogen (secondary N) is 1. The molecule has 4 rings (SSSR count). The summed E-state index contributed by atoms with van der Waals surface area (Å²) < 4.78 is 1.82. The van der Waals surface area contributed by atoms with E-state index >= 15 is 0 Å². The van der Waals surface area contributed by atoms with Gasteiger partial charge in [-0.1, -0.05) is 23.7 Å². The molecule has 1 aromatic heterocycles. The minimum absolute atomic E-state index is 0.125. The van der Waals surface area contributed by atoms with Gasteiger partial charge < -0.3 is 4.57 Å². The summed E-state index contributed by atoms with van der Waals surface area (Å²) in [7, 11) is 0. The van der Waals surface area contributed by atoms with E-state index in [1.54, 1.807) is 42.5 Å². The van der Waals surface area contributed by atoms with Crippen molar-refractivity contribution in [2.24, 2.45) is 0 Å². The number of amides is 4. The predicted octanol–water partition coefficient (Wildman–Crippen LogP) is 4.11. The van der Waals surface area contributed by atoms with E-state index in [0.717, 1.165) is 16.2 Å². The molecule has 0 radical (unpaired) electrons. The van der Waals surface area contributed by atoms with Gasteiger partial charge in [0, 0.05) is 22.6 Å². The summed E-state index contributed by atoms with van der Waals surface area (Å²) in [5.74, 6) is -1.40. The molecule has 1 N–H and O–H groups in total. The zero-order chi connectivity index (χ0) is 20.5. The van der Waals surface area contributed by atoms with Gasteiger partial charge in [-0.25, -0.2) is 9.69 Å². The first kappa shape index (κ1) is 18.7. The predicted molar refractivity (Wildman–Crippen MR) is 111 cm³/mol. The van der Waals surface area contributed by atoms with E-state index in [-0.39, 0.29) is 5.57 Å². The smallest absolute Gasteiger partial charge is 0.317 e. The molecule has 6 nitrogen and oxygen atoms in total. The molecule has 144 valence electrons. The number of aryl methyl sites for hydroxylation is 1. The lowest BCUT2D eigenvalue weighted by molar-refractivity contribution is -0.122. The summed E-state index contributed by atoms with van der Waals surface area (Å²) in [5, 5.41) is 2.85. The van der Waals surface area contributed by atoms with E-state index in [9.17, 15) is 14.4 Å². The van der Waals surface area contributed by atoms with Gasteiger partial charge in [0.1, 0.15) is 5.57 Å². The number of benzene rings is 2. The summed E-state index contributed by atoms with van der Waals surface area (Å²) in [5.41, 5.74) is 2.60. The van der Waals surface area contributed by atoms with Gasteiger partial charge in [-0.2, -0.15) is 0 Å². The van der Waals surface area contributed by atoms with Gasteiger partial charge in [-0.05, 0) is 67.1 Å². The second-order valence-corrected chi connectivity index (χ2v) is 7.01. The van der Waals surface area contributed by atoms with Crippen LogP contribution in [0.15, 0.2) is 72.4 Å². The third-order valence-corrected chi connectivity index (χ3v) is 4.79. The van der Waals surface area contributed by atoms with Crippen LogP contribution >= 0.6 is 11.6 Å². The average Bonchev–Trinajstić information content (AvgIpc) is 3.14. The number of anilines is 1. The van der Waals surface area contributed by atoms with Crippen LogP contribution in [0, 0.1) is 6.92 Å². The Kier molecular flexibility index (Phi) is 4.78. The lowest BCUT2D eigenvalue weighted by atomic mass is 10.1. The van der Waals surface area contributed by atoms with E-state index in [4.69, 9.17) is 11.6 Å². The maximum absolute atomic E-state index is 13.0. The lowest BCUT2D eigenvalue weighted by Gasteiger charge is -2.26. The molecule has 0 aliphatic carbocycles. The van der Waals surface area contributed by atoms with Crippen molar-refractivity contribution in [3.05, 3.63) is 88.7 Å². The number of imide groups is 2. The molecule has 2 heterocycles. The van der Waals surface area contributed by atoms with Crippen LogP contribution in [0.2, 0.25) is 5.02 Å². The van der Waals surface area contributed by atoms with Gasteiger partial charge in [-0.3, -0.25) is 14.9 Å². The first-order valence-electron chi connectivity index (χ1n) is 8.85. The van der Waals surface area contributed by atoms with Gasteiger partial charge in [0.2, 0.25) is 0 Å². The summed E-state index contributed by atoms with van der Waals surface area (Å²) in [6.07, 6.45) is 3.28. The Balaban J connectivity index is 1.75. The molecule has 1 aliphatic rings. The van der Waals surface area contributed by atoms with Crippen LogP contribution in [0.1, 0.15) is 11.3 Å². The molecule has 1 fully saturated rings. The average molecular weight is 406 g/mol. The zero-order valence-electron chi connectivity index (χ0n) is 15.4. The summed E-state index contributed by atoms with van der Waals surface area (Å²) >= 11 is 5.95. The van der Waals surface area contributed by atoms with Crippen molar-refractivity contribution in [1.29, 1.82) is 0 Å². The van der Waals surface area contributed by atoms with Crippen molar-refractivity contribution in [1.82, 2.24) is 9.88 Å². The number of carbonyl (C=O) groups excluding carboxylic acids is 3. The van der Waals surface area contributed by atoms with Crippen molar-refractivity contribution in [2.75, 3.05) is 4.90 Å². The van der Waals surface area contributed by atoms with Crippen LogP contribution in [0.3, 0.4) is 0 Å². The van der Waals surface area contributed by atoms with E-state index < -0.39 is 17.8 Å². The minimum atomic E-state index is -0.768. The number of urea groups is 1. The number of halogens is 1. The van der Waals surface area contributed by atoms with Crippen molar-refractivity contribution >= 4 is 41.2 Å². The van der Waals surface area contributed by atoms with Crippen molar-refractivity contribution in [3.8, 4) is 5.69 Å². The third-order valence-electron chi connectivity index (χ3n) is 4.54. The number of barbiturate groups is 1. The maximum Gasteiger partial charge on any atom is 0.335 e. The summed E-state index contributed by atoms with van der Waals surface area (Å²) in [6, 6.07) is 16.9. The highest BCUT2D eigenvalue weighted by molar-refractivity contribution is 6.39. The molecule has 0 saturated carbocycles. The molecule has 0 atom stereocenters. The number of carbonyl (C=O) groups is 3. The molecule has 0 unspecified atom stereocenters. The van der Waals surface area contributed by atoms with Gasteiger partial charge in [0.15, 0.2) is 0 Å². The Morgan fingerprint density at radius 3 is 2.41 bits per heavy atom. The third kappa shape index (κ3) is 3.58. The fourth-order valence-electron chi connectivity index (χ4n) is 3.16. The number of aromatic nitrogens is 1. The summed E-state index contributed by atoms with van der Waals surface area (Å²) in [6.45, 7) is 1.86. The number of nitrogens with zero attached hydrogens (tertiary/aromatic N) is 2. The van der Waals surface area contributed by atoms with Gasteiger partial charge in [-0.15, -0.1) is 0 Å². The zero-order valence-corrected chi connectivity index (χ0v) is 16.2.